The van der Waals surface area contributed by atoms with Gasteiger partial charge in [0.15, 0.2) is 0 Å². The lowest BCUT2D eigenvalue weighted by molar-refractivity contribution is 0.934. The largest absolute Gasteiger partial charge is 0.142 e. The molecule has 0 bridgehead atoms. The minimum Gasteiger partial charge on any atom is -0.142 e. The average Bonchev–Trinajstić information content (AvgIpc) is 3.28. The molecule has 0 spiro atoms. The van der Waals surface area contributed by atoms with Crippen LogP contribution in [0.3, 0.4) is 0 Å². The van der Waals surface area contributed by atoms with Crippen molar-refractivity contribution in [1.82, 2.24) is 0 Å². The summed E-state index contributed by atoms with van der Waals surface area (Å²) in [6, 6.07) is 0. The molecule has 5 rings (SSSR count). The van der Waals surface area contributed by atoms with Gasteiger partial charge in [0, 0.05) is 29.6 Å². The van der Waals surface area contributed by atoms with E-state index in [0.717, 1.165) is 0 Å². The smallest absolute Gasteiger partial charge is 0.0535 e. The summed E-state index contributed by atoms with van der Waals surface area (Å²) in [5, 5.41) is 7.74. The fourth-order valence-corrected chi connectivity index (χ4v) is 9.30. The van der Waals surface area contributed by atoms with Crippen LogP contribution in [0.25, 0.3) is 39.0 Å². The second-order valence-corrected chi connectivity index (χ2v) is 10.4. The zero-order valence-electron chi connectivity index (χ0n) is 14.2. The Bertz CT molecular complexity index is 1240. The van der Waals surface area contributed by atoms with Crippen molar-refractivity contribution in [2.75, 3.05) is 0 Å². The van der Waals surface area contributed by atoms with E-state index >= 15 is 0 Å². The molecule has 0 atom stereocenters. The first-order valence-electron chi connectivity index (χ1n) is 8.33. The summed E-state index contributed by atoms with van der Waals surface area (Å²) in [7, 11) is 0. The van der Waals surface area contributed by atoms with Crippen molar-refractivity contribution >= 4 is 84.3 Å². The van der Waals surface area contributed by atoms with Crippen LogP contribution >= 0.6 is 45.3 Å². The highest BCUT2D eigenvalue weighted by Gasteiger charge is 2.21. The maximum Gasteiger partial charge on any atom is 0.0535 e. The fraction of sp³-hybridized carbons (Fsp3) is 0.300. The number of fused-ring (bicyclic) bond motifs is 6. The van der Waals surface area contributed by atoms with Gasteiger partial charge in [0.2, 0.25) is 0 Å². The average molecular weight is 387 g/mol. The second kappa shape index (κ2) is 5.28. The van der Waals surface area contributed by atoms with Gasteiger partial charge in [-0.15, -0.1) is 45.3 Å². The Morgan fingerprint density at radius 1 is 0.708 bits per heavy atom. The van der Waals surface area contributed by atoms with Crippen LogP contribution in [0.4, 0.5) is 0 Å². The van der Waals surface area contributed by atoms with Gasteiger partial charge in [-0.3, -0.25) is 0 Å². The van der Waals surface area contributed by atoms with Gasteiger partial charge in [0.25, 0.3) is 0 Å². The van der Waals surface area contributed by atoms with Gasteiger partial charge in [-0.05, 0) is 60.2 Å². The molecule has 122 valence electrons. The molecule has 0 nitrogen and oxygen atoms in total. The SMILES string of the molecule is CCCc1csc2c1sc1c(C)c3c(sc4c(C)csc43)c(C)c12. The molecule has 1 aromatic carbocycles. The molecule has 0 amide bonds. The number of thiophene rings is 4. The summed E-state index contributed by atoms with van der Waals surface area (Å²) in [5.74, 6) is 0. The molecule has 0 fully saturated rings. The standard InChI is InChI=1S/C20H18S4/c1-5-6-12-8-22-20-14-11(4)16-13(10(3)17(14)24-18(12)20)19-15(23-16)9(2)7-21-19/h7-8H,5-6H2,1-4H3. The molecule has 0 aliphatic heterocycles. The molecule has 4 aromatic heterocycles. The van der Waals surface area contributed by atoms with E-state index in [0.29, 0.717) is 0 Å². The maximum absolute atomic E-state index is 2.39. The molecule has 0 unspecified atom stereocenters. The van der Waals surface area contributed by atoms with E-state index in [9.17, 15) is 0 Å². The highest BCUT2D eigenvalue weighted by molar-refractivity contribution is 7.34. The Morgan fingerprint density at radius 2 is 1.29 bits per heavy atom. The lowest BCUT2D eigenvalue weighted by Gasteiger charge is -2.04. The summed E-state index contributed by atoms with van der Waals surface area (Å²) in [4.78, 5) is 0. The van der Waals surface area contributed by atoms with E-state index in [-0.39, 0.29) is 0 Å². The third kappa shape index (κ3) is 1.83. The quantitative estimate of drug-likeness (QED) is 0.285. The Balaban J connectivity index is 2.01. The van der Waals surface area contributed by atoms with Crippen LogP contribution in [0, 0.1) is 20.8 Å². The molecule has 24 heavy (non-hydrogen) atoms. The molecule has 5 aromatic rings. The van der Waals surface area contributed by atoms with Crippen LogP contribution in [0.2, 0.25) is 0 Å². The second-order valence-electron chi connectivity index (χ2n) is 6.61. The fourth-order valence-electron chi connectivity index (χ4n) is 3.79. The molecule has 0 aliphatic carbocycles. The Labute approximate surface area is 157 Å². The van der Waals surface area contributed by atoms with Crippen LogP contribution < -0.4 is 0 Å². The van der Waals surface area contributed by atoms with E-state index in [2.05, 4.69) is 38.5 Å². The highest BCUT2D eigenvalue weighted by atomic mass is 32.1. The normalized spacial score (nSPS) is 12.5. The maximum atomic E-state index is 2.39. The first-order valence-corrected chi connectivity index (χ1v) is 11.7. The number of hydrogen-bond donors (Lipinski definition) is 0. The number of aryl methyl sites for hydroxylation is 4. The topological polar surface area (TPSA) is 0 Å². The Morgan fingerprint density at radius 3 is 1.96 bits per heavy atom. The molecule has 0 saturated carbocycles. The van der Waals surface area contributed by atoms with Gasteiger partial charge in [-0.25, -0.2) is 0 Å². The molecule has 0 saturated heterocycles. The molecule has 4 heterocycles. The summed E-state index contributed by atoms with van der Waals surface area (Å²) >= 11 is 7.90. The summed E-state index contributed by atoms with van der Waals surface area (Å²) in [6.45, 7) is 9.20. The zero-order chi connectivity index (χ0) is 16.6. The van der Waals surface area contributed by atoms with Gasteiger partial charge >= 0.3 is 0 Å². The summed E-state index contributed by atoms with van der Waals surface area (Å²) in [6.07, 6.45) is 2.43. The monoisotopic (exact) mass is 386 g/mol. The first kappa shape index (κ1) is 15.3. The minimum atomic E-state index is 1.20. The van der Waals surface area contributed by atoms with E-state index in [1.807, 2.05) is 45.3 Å². The summed E-state index contributed by atoms with van der Waals surface area (Å²) in [5.41, 5.74) is 5.98. The predicted octanol–water partition coefficient (Wildman–Crippen LogP) is 8.42. The van der Waals surface area contributed by atoms with Gasteiger partial charge in [0.05, 0.1) is 9.40 Å². The van der Waals surface area contributed by atoms with Crippen molar-refractivity contribution < 1.29 is 0 Å². The van der Waals surface area contributed by atoms with Crippen LogP contribution in [0.5, 0.6) is 0 Å². The lowest BCUT2D eigenvalue weighted by atomic mass is 10.0. The number of hydrogen-bond acceptors (Lipinski definition) is 4. The predicted molar refractivity (Wildman–Crippen MR) is 116 cm³/mol. The van der Waals surface area contributed by atoms with Crippen molar-refractivity contribution in [3.63, 3.8) is 0 Å². The zero-order valence-corrected chi connectivity index (χ0v) is 17.5. The van der Waals surface area contributed by atoms with Crippen LogP contribution in [0.15, 0.2) is 10.8 Å². The van der Waals surface area contributed by atoms with Gasteiger partial charge in [0.1, 0.15) is 0 Å². The molecular weight excluding hydrogens is 368 g/mol. The van der Waals surface area contributed by atoms with Crippen LogP contribution in [0.1, 0.15) is 35.6 Å². The van der Waals surface area contributed by atoms with Crippen LogP contribution in [-0.2, 0) is 6.42 Å². The van der Waals surface area contributed by atoms with E-state index in [4.69, 9.17) is 0 Å². The van der Waals surface area contributed by atoms with Crippen molar-refractivity contribution in [3.05, 3.63) is 33.0 Å². The minimum absolute atomic E-state index is 1.20. The number of rotatable bonds is 2. The van der Waals surface area contributed by atoms with E-state index < -0.39 is 0 Å². The molecule has 0 radical (unpaired) electrons. The van der Waals surface area contributed by atoms with Crippen LogP contribution in [-0.4, -0.2) is 0 Å². The van der Waals surface area contributed by atoms with Gasteiger partial charge in [-0.2, -0.15) is 0 Å². The lowest BCUT2D eigenvalue weighted by Crippen LogP contribution is -1.80. The van der Waals surface area contributed by atoms with Crippen molar-refractivity contribution in [1.29, 1.82) is 0 Å². The highest BCUT2D eigenvalue weighted by Crippen LogP contribution is 2.50. The molecule has 0 aliphatic rings. The molecular formula is C20H18S4. The Kier molecular flexibility index (Phi) is 3.37. The molecule has 0 N–H and O–H groups in total. The van der Waals surface area contributed by atoms with Crippen molar-refractivity contribution in [2.45, 2.75) is 40.5 Å². The van der Waals surface area contributed by atoms with E-state index in [1.165, 1.54) is 63.8 Å². The summed E-state index contributed by atoms with van der Waals surface area (Å²) < 4.78 is 9.09. The van der Waals surface area contributed by atoms with Gasteiger partial charge in [-0.1, -0.05) is 13.3 Å². The van der Waals surface area contributed by atoms with Gasteiger partial charge < -0.3 is 0 Å². The van der Waals surface area contributed by atoms with Crippen molar-refractivity contribution in [3.8, 4) is 0 Å². The third-order valence-corrected chi connectivity index (χ3v) is 10.3. The third-order valence-electron chi connectivity index (χ3n) is 5.00. The van der Waals surface area contributed by atoms with Crippen molar-refractivity contribution in [2.24, 2.45) is 0 Å². The van der Waals surface area contributed by atoms with E-state index in [1.54, 1.807) is 10.3 Å². The first-order chi connectivity index (χ1) is 11.6. The molecule has 4 heteroatoms. The number of benzene rings is 1. The Hall–Kier alpha value is -0.940.